The molecule has 0 atom stereocenters. The van der Waals surface area contributed by atoms with Crippen LogP contribution in [0.4, 0.5) is 17.6 Å². The van der Waals surface area contributed by atoms with Gasteiger partial charge >= 0.3 is 6.18 Å². The summed E-state index contributed by atoms with van der Waals surface area (Å²) >= 11 is 5.13. The van der Waals surface area contributed by atoms with Gasteiger partial charge in [-0.1, -0.05) is 11.6 Å². The van der Waals surface area contributed by atoms with Crippen LogP contribution in [0.1, 0.15) is 5.56 Å². The molecule has 1 rings (SSSR count). The minimum Gasteiger partial charge on any atom is -0.206 e. The smallest absolute Gasteiger partial charge is 0.206 e. The zero-order chi connectivity index (χ0) is 9.35. The van der Waals surface area contributed by atoms with E-state index in [-0.39, 0.29) is 0 Å². The SMILES string of the molecule is Fc1[c]ccc(Cl)c1C(F)(F)F. The molecule has 0 bridgehead atoms. The Labute approximate surface area is 70.8 Å². The minimum atomic E-state index is -4.76. The Morgan fingerprint density at radius 1 is 1.33 bits per heavy atom. The first-order chi connectivity index (χ1) is 5.43. The van der Waals surface area contributed by atoms with E-state index in [0.29, 0.717) is 0 Å². The van der Waals surface area contributed by atoms with Crippen LogP contribution in [0.2, 0.25) is 5.02 Å². The number of rotatable bonds is 0. The highest BCUT2D eigenvalue weighted by molar-refractivity contribution is 6.31. The summed E-state index contributed by atoms with van der Waals surface area (Å²) in [5.41, 5.74) is -1.47. The third-order valence-electron chi connectivity index (χ3n) is 1.18. The second-order valence-electron chi connectivity index (χ2n) is 2.01. The first kappa shape index (κ1) is 9.32. The summed E-state index contributed by atoms with van der Waals surface area (Å²) in [5, 5.41) is -0.654. The van der Waals surface area contributed by atoms with Crippen LogP contribution in [0.15, 0.2) is 12.1 Å². The lowest BCUT2D eigenvalue weighted by molar-refractivity contribution is -0.139. The fraction of sp³-hybridized carbons (Fsp3) is 0.143. The molecule has 0 heterocycles. The van der Waals surface area contributed by atoms with E-state index in [1.54, 1.807) is 6.07 Å². The maximum atomic E-state index is 12.5. The number of hydrogen-bond acceptors (Lipinski definition) is 0. The third kappa shape index (κ3) is 1.69. The molecule has 65 valence electrons. The van der Waals surface area contributed by atoms with Crippen molar-refractivity contribution in [2.45, 2.75) is 6.18 Å². The molecule has 1 aromatic carbocycles. The minimum absolute atomic E-state index is 0.654. The van der Waals surface area contributed by atoms with Crippen LogP contribution in [0.5, 0.6) is 0 Å². The van der Waals surface area contributed by atoms with Gasteiger partial charge < -0.3 is 0 Å². The predicted molar refractivity (Wildman–Crippen MR) is 35.2 cm³/mol. The maximum Gasteiger partial charge on any atom is 0.420 e. The van der Waals surface area contributed by atoms with Crippen molar-refractivity contribution < 1.29 is 17.6 Å². The van der Waals surface area contributed by atoms with Gasteiger partial charge in [0.2, 0.25) is 0 Å². The van der Waals surface area contributed by atoms with Crippen molar-refractivity contribution in [2.75, 3.05) is 0 Å². The van der Waals surface area contributed by atoms with Gasteiger partial charge in [-0.05, 0) is 12.1 Å². The van der Waals surface area contributed by atoms with E-state index in [2.05, 4.69) is 0 Å². The van der Waals surface area contributed by atoms with Gasteiger partial charge in [0, 0.05) is 6.07 Å². The van der Waals surface area contributed by atoms with Gasteiger partial charge in [0.15, 0.2) is 0 Å². The van der Waals surface area contributed by atoms with Crippen LogP contribution in [-0.4, -0.2) is 0 Å². The molecular weight excluding hydrogens is 196 g/mol. The Kier molecular flexibility index (Phi) is 2.28. The van der Waals surface area contributed by atoms with E-state index < -0.39 is 22.6 Å². The van der Waals surface area contributed by atoms with Crippen molar-refractivity contribution >= 4 is 11.6 Å². The Balaban J connectivity index is 3.31. The van der Waals surface area contributed by atoms with Crippen molar-refractivity contribution in [3.63, 3.8) is 0 Å². The summed E-state index contributed by atoms with van der Waals surface area (Å²) in [6.07, 6.45) is -4.76. The highest BCUT2D eigenvalue weighted by atomic mass is 35.5. The molecule has 0 aliphatic heterocycles. The maximum absolute atomic E-state index is 12.5. The van der Waals surface area contributed by atoms with E-state index in [0.717, 1.165) is 12.1 Å². The number of halogens is 5. The number of alkyl halides is 3. The van der Waals surface area contributed by atoms with Crippen molar-refractivity contribution in [3.05, 3.63) is 34.6 Å². The molecule has 0 amide bonds. The largest absolute Gasteiger partial charge is 0.420 e. The van der Waals surface area contributed by atoms with Crippen LogP contribution in [0, 0.1) is 11.9 Å². The van der Waals surface area contributed by atoms with Gasteiger partial charge in [-0.3, -0.25) is 0 Å². The average Bonchev–Trinajstić information content (AvgIpc) is 1.82. The molecule has 12 heavy (non-hydrogen) atoms. The molecule has 1 radical (unpaired) electrons. The van der Waals surface area contributed by atoms with Gasteiger partial charge in [0.05, 0.1) is 5.02 Å². The Hall–Kier alpha value is -0.770. The van der Waals surface area contributed by atoms with E-state index in [1.807, 2.05) is 0 Å². The quantitative estimate of drug-likeness (QED) is 0.560. The topological polar surface area (TPSA) is 0 Å². The van der Waals surface area contributed by atoms with Gasteiger partial charge in [-0.25, -0.2) is 4.39 Å². The molecule has 0 saturated carbocycles. The van der Waals surface area contributed by atoms with Crippen molar-refractivity contribution in [1.29, 1.82) is 0 Å². The highest BCUT2D eigenvalue weighted by Gasteiger charge is 2.36. The van der Waals surface area contributed by atoms with Gasteiger partial charge in [0.1, 0.15) is 11.4 Å². The summed E-state index contributed by atoms with van der Waals surface area (Å²) in [5.74, 6) is -1.48. The molecule has 0 unspecified atom stereocenters. The van der Waals surface area contributed by atoms with E-state index in [9.17, 15) is 17.6 Å². The fourth-order valence-corrected chi connectivity index (χ4v) is 0.961. The lowest BCUT2D eigenvalue weighted by atomic mass is 10.2. The number of hydrogen-bond donors (Lipinski definition) is 0. The molecule has 0 aliphatic rings. The molecule has 5 heteroatoms. The summed E-state index contributed by atoms with van der Waals surface area (Å²) in [6, 6.07) is 3.71. The van der Waals surface area contributed by atoms with Crippen molar-refractivity contribution in [3.8, 4) is 0 Å². The van der Waals surface area contributed by atoms with Crippen LogP contribution in [-0.2, 0) is 6.18 Å². The summed E-state index contributed by atoms with van der Waals surface area (Å²) < 4.78 is 48.4. The van der Waals surface area contributed by atoms with Crippen LogP contribution in [0.25, 0.3) is 0 Å². The first-order valence-electron chi connectivity index (χ1n) is 2.86. The first-order valence-corrected chi connectivity index (χ1v) is 3.23. The van der Waals surface area contributed by atoms with Crippen molar-refractivity contribution in [1.82, 2.24) is 0 Å². The summed E-state index contributed by atoms with van der Waals surface area (Å²) in [7, 11) is 0. The zero-order valence-corrected chi connectivity index (χ0v) is 6.30. The van der Waals surface area contributed by atoms with Crippen LogP contribution < -0.4 is 0 Å². The highest BCUT2D eigenvalue weighted by Crippen LogP contribution is 2.35. The van der Waals surface area contributed by atoms with E-state index >= 15 is 0 Å². The second-order valence-corrected chi connectivity index (χ2v) is 2.42. The molecule has 0 aromatic heterocycles. The van der Waals surface area contributed by atoms with Crippen LogP contribution in [0.3, 0.4) is 0 Å². The average molecular weight is 198 g/mol. The molecule has 0 saturated heterocycles. The molecule has 1 aromatic rings. The molecular formula is C7H2ClF4. The third-order valence-corrected chi connectivity index (χ3v) is 1.50. The monoisotopic (exact) mass is 197 g/mol. The lowest BCUT2D eigenvalue weighted by Gasteiger charge is -2.08. The summed E-state index contributed by atoms with van der Waals surface area (Å²) in [6.45, 7) is 0. The second kappa shape index (κ2) is 2.94. The Morgan fingerprint density at radius 3 is 2.25 bits per heavy atom. The standard InChI is InChI=1S/C7H2ClF4/c8-4-2-1-3-5(9)6(4)7(10,11)12/h1-2H. The Morgan fingerprint density at radius 2 is 1.92 bits per heavy atom. The lowest BCUT2D eigenvalue weighted by Crippen LogP contribution is -2.08. The fourth-order valence-electron chi connectivity index (χ4n) is 0.708. The van der Waals surface area contributed by atoms with E-state index in [4.69, 9.17) is 11.6 Å². The normalized spacial score (nSPS) is 11.8. The van der Waals surface area contributed by atoms with Gasteiger partial charge in [0.25, 0.3) is 0 Å². The predicted octanol–water partition coefficient (Wildman–Crippen LogP) is 3.30. The zero-order valence-electron chi connectivity index (χ0n) is 5.54. The van der Waals surface area contributed by atoms with Gasteiger partial charge in [-0.2, -0.15) is 13.2 Å². The van der Waals surface area contributed by atoms with E-state index in [1.165, 1.54) is 0 Å². The summed E-state index contributed by atoms with van der Waals surface area (Å²) in [4.78, 5) is 0. The van der Waals surface area contributed by atoms with Crippen molar-refractivity contribution in [2.24, 2.45) is 0 Å². The number of benzene rings is 1. The molecule has 0 nitrogen and oxygen atoms in total. The molecule has 0 spiro atoms. The molecule has 0 aliphatic carbocycles. The molecule has 0 N–H and O–H groups in total. The van der Waals surface area contributed by atoms with Gasteiger partial charge in [-0.15, -0.1) is 0 Å². The van der Waals surface area contributed by atoms with Crippen LogP contribution >= 0.6 is 11.6 Å². The Bertz CT molecular complexity index is 272. The molecule has 0 fully saturated rings.